The lowest BCUT2D eigenvalue weighted by Gasteiger charge is -2.28. The van der Waals surface area contributed by atoms with Crippen LogP contribution >= 0.6 is 11.6 Å². The Morgan fingerprint density at radius 3 is 2.76 bits per heavy atom. The Morgan fingerprint density at radius 2 is 2.00 bits per heavy atom. The number of nitrogens with one attached hydrogen (secondary N) is 2. The van der Waals surface area contributed by atoms with Crippen LogP contribution in [0.1, 0.15) is 18.5 Å². The van der Waals surface area contributed by atoms with Crippen molar-refractivity contribution >= 4 is 29.1 Å². The summed E-state index contributed by atoms with van der Waals surface area (Å²) in [4.78, 5) is 22.5. The van der Waals surface area contributed by atoms with Gasteiger partial charge < -0.3 is 15.4 Å². The molecule has 0 fully saturated rings. The first-order chi connectivity index (χ1) is 16.5. The summed E-state index contributed by atoms with van der Waals surface area (Å²) in [5, 5.41) is 11.5. The molecule has 2 aromatic carbocycles. The van der Waals surface area contributed by atoms with Crippen LogP contribution < -0.4 is 15.4 Å². The number of halogens is 1. The number of hydrogen-bond donors (Lipinski definition) is 2. The number of fused-ring (bicyclic) bond motifs is 1. The zero-order valence-electron chi connectivity index (χ0n) is 18.5. The summed E-state index contributed by atoms with van der Waals surface area (Å²) in [6, 6.07) is 17.8. The highest BCUT2D eigenvalue weighted by Crippen LogP contribution is 2.37. The van der Waals surface area contributed by atoms with Gasteiger partial charge in [-0.2, -0.15) is 4.98 Å². The van der Waals surface area contributed by atoms with Crippen LogP contribution in [-0.2, 0) is 4.79 Å². The van der Waals surface area contributed by atoms with Gasteiger partial charge in [0.2, 0.25) is 5.95 Å². The topological polar surface area (TPSA) is 94.0 Å². The molecule has 9 heteroatoms. The highest BCUT2D eigenvalue weighted by atomic mass is 35.5. The molecule has 1 aliphatic rings. The predicted molar refractivity (Wildman–Crippen MR) is 131 cm³/mol. The smallest absolute Gasteiger partial charge is 0.255 e. The zero-order chi connectivity index (χ0) is 23.7. The Bertz CT molecular complexity index is 1400. The van der Waals surface area contributed by atoms with Gasteiger partial charge in [0, 0.05) is 28.7 Å². The summed E-state index contributed by atoms with van der Waals surface area (Å²) in [5.74, 6) is 1.31. The van der Waals surface area contributed by atoms with Crippen molar-refractivity contribution in [2.45, 2.75) is 13.0 Å². The molecule has 0 unspecified atom stereocenters. The van der Waals surface area contributed by atoms with Crippen molar-refractivity contribution in [2.75, 3.05) is 17.7 Å². The van der Waals surface area contributed by atoms with Crippen molar-refractivity contribution < 1.29 is 9.53 Å². The lowest BCUT2D eigenvalue weighted by molar-refractivity contribution is -0.113. The van der Waals surface area contributed by atoms with Gasteiger partial charge in [0.05, 0.1) is 18.4 Å². The van der Waals surface area contributed by atoms with Gasteiger partial charge in [-0.15, -0.1) is 5.10 Å². The van der Waals surface area contributed by atoms with E-state index in [9.17, 15) is 4.79 Å². The van der Waals surface area contributed by atoms with Gasteiger partial charge in [0.1, 0.15) is 11.8 Å². The molecule has 8 nitrogen and oxygen atoms in total. The molecule has 4 aromatic rings. The van der Waals surface area contributed by atoms with Crippen molar-refractivity contribution in [3.63, 3.8) is 0 Å². The second-order valence-electron chi connectivity index (χ2n) is 7.72. The van der Waals surface area contributed by atoms with Crippen LogP contribution in [0.3, 0.4) is 0 Å². The number of amides is 1. The third-order valence-corrected chi connectivity index (χ3v) is 5.77. The molecule has 34 heavy (non-hydrogen) atoms. The number of carbonyl (C=O) groups is 1. The normalized spacial score (nSPS) is 14.9. The number of aromatic nitrogens is 4. The number of methoxy groups -OCH3 is 1. The zero-order valence-corrected chi connectivity index (χ0v) is 19.2. The highest BCUT2D eigenvalue weighted by Gasteiger charge is 2.35. The van der Waals surface area contributed by atoms with Crippen LogP contribution in [0.2, 0.25) is 5.02 Å². The Kier molecular flexibility index (Phi) is 5.73. The number of benzene rings is 2. The van der Waals surface area contributed by atoms with Gasteiger partial charge in [-0.1, -0.05) is 41.9 Å². The van der Waals surface area contributed by atoms with E-state index in [-0.39, 0.29) is 5.91 Å². The van der Waals surface area contributed by atoms with Gasteiger partial charge in [-0.05, 0) is 42.8 Å². The Hall–Kier alpha value is -4.17. The van der Waals surface area contributed by atoms with Crippen LogP contribution in [0.25, 0.3) is 11.4 Å². The minimum Gasteiger partial charge on any atom is -0.495 e. The fraction of sp³-hybridized carbons (Fsp3) is 0.120. The number of para-hydroxylation sites is 2. The van der Waals surface area contributed by atoms with Gasteiger partial charge >= 0.3 is 0 Å². The third-order valence-electron chi connectivity index (χ3n) is 5.54. The van der Waals surface area contributed by atoms with Crippen LogP contribution in [0.5, 0.6) is 5.75 Å². The van der Waals surface area contributed by atoms with Crippen LogP contribution in [0, 0.1) is 0 Å². The molecule has 1 atom stereocenters. The molecule has 2 N–H and O–H groups in total. The Morgan fingerprint density at radius 1 is 1.15 bits per heavy atom. The summed E-state index contributed by atoms with van der Waals surface area (Å²) >= 11 is 6.18. The summed E-state index contributed by atoms with van der Waals surface area (Å²) in [7, 11) is 1.56. The van der Waals surface area contributed by atoms with Crippen molar-refractivity contribution in [2.24, 2.45) is 0 Å². The maximum absolute atomic E-state index is 13.6. The molecular formula is C25H21ClN6O2. The third kappa shape index (κ3) is 3.99. The lowest BCUT2D eigenvalue weighted by Crippen LogP contribution is -2.31. The second kappa shape index (κ2) is 8.99. The largest absolute Gasteiger partial charge is 0.495 e. The number of ether oxygens (including phenoxy) is 1. The van der Waals surface area contributed by atoms with E-state index >= 15 is 0 Å². The fourth-order valence-corrected chi connectivity index (χ4v) is 4.17. The molecule has 1 aliphatic heterocycles. The first-order valence-electron chi connectivity index (χ1n) is 10.6. The number of hydrogen-bond acceptors (Lipinski definition) is 6. The van der Waals surface area contributed by atoms with E-state index in [1.54, 1.807) is 48.5 Å². The first kappa shape index (κ1) is 21.7. The lowest BCUT2D eigenvalue weighted by atomic mass is 9.96. The maximum Gasteiger partial charge on any atom is 0.255 e. The summed E-state index contributed by atoms with van der Waals surface area (Å²) in [5.41, 5.74) is 3.31. The number of rotatable bonds is 5. The monoisotopic (exact) mass is 472 g/mol. The predicted octanol–water partition coefficient (Wildman–Crippen LogP) is 4.93. The van der Waals surface area contributed by atoms with Crippen molar-refractivity contribution in [1.82, 2.24) is 19.7 Å². The number of carbonyl (C=O) groups excluding carboxylic acids is 1. The Labute approximate surface area is 201 Å². The number of allylic oxidation sites excluding steroid dienone is 1. The average Bonchev–Trinajstić information content (AvgIpc) is 3.27. The second-order valence-corrected chi connectivity index (χ2v) is 8.16. The van der Waals surface area contributed by atoms with E-state index in [1.807, 2.05) is 43.3 Å². The molecule has 170 valence electrons. The van der Waals surface area contributed by atoms with Crippen LogP contribution in [0.15, 0.2) is 84.3 Å². The molecule has 0 spiro atoms. The van der Waals surface area contributed by atoms with E-state index in [0.29, 0.717) is 39.5 Å². The number of nitrogens with zero attached hydrogens (tertiary/aromatic N) is 4. The van der Waals surface area contributed by atoms with Crippen LogP contribution in [-0.4, -0.2) is 32.8 Å². The van der Waals surface area contributed by atoms with Crippen molar-refractivity contribution in [3.05, 3.63) is 94.9 Å². The van der Waals surface area contributed by atoms with Crippen molar-refractivity contribution in [3.8, 4) is 17.1 Å². The standard InChI is InChI=1S/C25H21ClN6O2/c1-15-21(24(33)29-19-10-3-4-11-20(19)34-2)22(17-8-6-12-27-14-17)32-25(28-15)30-23(31-32)16-7-5-9-18(26)13-16/h3-14,22H,1-2H3,(H,29,33)(H,28,30,31)/t22-/m0/s1. The van der Waals surface area contributed by atoms with Gasteiger partial charge in [0.25, 0.3) is 5.91 Å². The van der Waals surface area contributed by atoms with E-state index < -0.39 is 6.04 Å². The van der Waals surface area contributed by atoms with E-state index in [1.165, 1.54) is 0 Å². The quantitative estimate of drug-likeness (QED) is 0.427. The maximum atomic E-state index is 13.6. The van der Waals surface area contributed by atoms with Gasteiger partial charge in [0.15, 0.2) is 5.82 Å². The van der Waals surface area contributed by atoms with Gasteiger partial charge in [-0.3, -0.25) is 9.78 Å². The van der Waals surface area contributed by atoms with Crippen LogP contribution in [0.4, 0.5) is 11.6 Å². The molecule has 2 aromatic heterocycles. The molecule has 0 saturated carbocycles. The summed E-state index contributed by atoms with van der Waals surface area (Å²) in [6.07, 6.45) is 3.42. The SMILES string of the molecule is COc1ccccc1NC(=O)C1=C(C)Nc2nc(-c3cccc(Cl)c3)nn2[C@H]1c1cccnc1. The van der Waals surface area contributed by atoms with E-state index in [0.717, 1.165) is 11.1 Å². The van der Waals surface area contributed by atoms with Crippen molar-refractivity contribution in [1.29, 1.82) is 0 Å². The van der Waals surface area contributed by atoms with Gasteiger partial charge in [-0.25, -0.2) is 4.68 Å². The Balaban J connectivity index is 1.59. The fourth-order valence-electron chi connectivity index (χ4n) is 3.98. The molecular weight excluding hydrogens is 452 g/mol. The average molecular weight is 473 g/mol. The summed E-state index contributed by atoms with van der Waals surface area (Å²) in [6.45, 7) is 1.84. The number of anilines is 2. The molecule has 3 heterocycles. The minimum absolute atomic E-state index is 0.284. The van der Waals surface area contributed by atoms with E-state index in [2.05, 4.69) is 20.6 Å². The molecule has 1 amide bonds. The molecule has 5 rings (SSSR count). The molecule has 0 radical (unpaired) electrons. The van der Waals surface area contributed by atoms with E-state index in [4.69, 9.17) is 21.4 Å². The first-order valence-corrected chi connectivity index (χ1v) is 11.0. The minimum atomic E-state index is -0.542. The summed E-state index contributed by atoms with van der Waals surface area (Å²) < 4.78 is 7.10. The number of pyridine rings is 1. The molecule has 0 bridgehead atoms. The molecule has 0 saturated heterocycles. The molecule has 0 aliphatic carbocycles. The highest BCUT2D eigenvalue weighted by molar-refractivity contribution is 6.30.